The molecule has 0 saturated heterocycles. The van der Waals surface area contributed by atoms with Crippen LogP contribution in [0.1, 0.15) is 16.2 Å². The zero-order chi connectivity index (χ0) is 10.8. The van der Waals surface area contributed by atoms with Gasteiger partial charge < -0.3 is 0 Å². The van der Waals surface area contributed by atoms with E-state index in [2.05, 4.69) is 21.0 Å². The van der Waals surface area contributed by atoms with E-state index in [1.54, 1.807) is 10.7 Å². The fourth-order valence-electron chi connectivity index (χ4n) is 1.42. The number of aldehydes is 1. The molecular formula is C11H9BrN2O. The molecule has 0 fully saturated rings. The zero-order valence-corrected chi connectivity index (χ0v) is 9.73. The summed E-state index contributed by atoms with van der Waals surface area (Å²) in [6.45, 7) is 1.86. The van der Waals surface area contributed by atoms with Gasteiger partial charge in [0.1, 0.15) is 5.69 Å². The average molecular weight is 265 g/mol. The van der Waals surface area contributed by atoms with Crippen molar-refractivity contribution in [2.75, 3.05) is 0 Å². The minimum Gasteiger partial charge on any atom is -0.296 e. The molecule has 1 aromatic carbocycles. The molecule has 0 aliphatic heterocycles. The van der Waals surface area contributed by atoms with Crippen LogP contribution in [0.5, 0.6) is 0 Å². The molecule has 0 radical (unpaired) electrons. The molecule has 0 amide bonds. The number of halogens is 1. The predicted octanol–water partition coefficient (Wildman–Crippen LogP) is 2.76. The first-order valence-corrected chi connectivity index (χ1v) is 5.28. The molecular weight excluding hydrogens is 256 g/mol. The van der Waals surface area contributed by atoms with Gasteiger partial charge in [-0.25, -0.2) is 4.68 Å². The molecule has 1 aromatic heterocycles. The van der Waals surface area contributed by atoms with Gasteiger partial charge in [0.15, 0.2) is 6.29 Å². The predicted molar refractivity (Wildman–Crippen MR) is 61.4 cm³/mol. The number of hydrogen-bond donors (Lipinski definition) is 0. The SMILES string of the molecule is Cc1cc(C=O)n(-c2cccc(Br)c2)n1. The minimum absolute atomic E-state index is 0.561. The Kier molecular flexibility index (Phi) is 2.68. The summed E-state index contributed by atoms with van der Waals surface area (Å²) in [5.74, 6) is 0. The summed E-state index contributed by atoms with van der Waals surface area (Å²) in [4.78, 5) is 10.8. The Morgan fingerprint density at radius 3 is 2.87 bits per heavy atom. The summed E-state index contributed by atoms with van der Waals surface area (Å²) in [6, 6.07) is 9.42. The first kappa shape index (κ1) is 10.1. The lowest BCUT2D eigenvalue weighted by atomic mass is 10.3. The Balaban J connectivity index is 2.57. The van der Waals surface area contributed by atoms with Crippen molar-refractivity contribution in [3.63, 3.8) is 0 Å². The second kappa shape index (κ2) is 3.98. The van der Waals surface area contributed by atoms with Gasteiger partial charge in [-0.2, -0.15) is 5.10 Å². The maximum atomic E-state index is 10.8. The molecule has 0 N–H and O–H groups in total. The Morgan fingerprint density at radius 2 is 2.20 bits per heavy atom. The number of rotatable bonds is 2. The number of aromatic nitrogens is 2. The van der Waals surface area contributed by atoms with E-state index < -0.39 is 0 Å². The van der Waals surface area contributed by atoms with E-state index in [-0.39, 0.29) is 0 Å². The molecule has 76 valence electrons. The molecule has 0 aliphatic rings. The topological polar surface area (TPSA) is 34.9 Å². The number of hydrogen-bond acceptors (Lipinski definition) is 2. The monoisotopic (exact) mass is 264 g/mol. The normalized spacial score (nSPS) is 10.3. The van der Waals surface area contributed by atoms with E-state index >= 15 is 0 Å². The van der Waals surface area contributed by atoms with E-state index in [0.717, 1.165) is 22.1 Å². The van der Waals surface area contributed by atoms with Crippen molar-refractivity contribution in [1.29, 1.82) is 0 Å². The second-order valence-corrected chi connectivity index (χ2v) is 4.14. The number of nitrogens with zero attached hydrogens (tertiary/aromatic N) is 2. The van der Waals surface area contributed by atoms with Crippen LogP contribution < -0.4 is 0 Å². The lowest BCUT2D eigenvalue weighted by molar-refractivity contribution is 0.111. The summed E-state index contributed by atoms with van der Waals surface area (Å²) in [7, 11) is 0. The smallest absolute Gasteiger partial charge is 0.168 e. The highest BCUT2D eigenvalue weighted by Gasteiger charge is 2.06. The van der Waals surface area contributed by atoms with Crippen molar-refractivity contribution in [3.05, 3.63) is 46.2 Å². The third-order valence-corrected chi connectivity index (χ3v) is 2.53. The van der Waals surface area contributed by atoms with E-state index in [4.69, 9.17) is 0 Å². The third-order valence-electron chi connectivity index (χ3n) is 2.03. The Labute approximate surface area is 95.9 Å². The number of benzene rings is 1. The van der Waals surface area contributed by atoms with Crippen LogP contribution in [0.4, 0.5) is 0 Å². The van der Waals surface area contributed by atoms with Crippen LogP contribution in [-0.2, 0) is 0 Å². The molecule has 0 unspecified atom stereocenters. The molecule has 0 bridgehead atoms. The first-order valence-electron chi connectivity index (χ1n) is 4.48. The van der Waals surface area contributed by atoms with Crippen LogP contribution in [0.2, 0.25) is 0 Å². The first-order chi connectivity index (χ1) is 7.20. The summed E-state index contributed by atoms with van der Waals surface area (Å²) in [5, 5.41) is 4.26. The highest BCUT2D eigenvalue weighted by atomic mass is 79.9. The van der Waals surface area contributed by atoms with Gasteiger partial charge in [0, 0.05) is 4.47 Å². The molecule has 1 heterocycles. The number of carbonyl (C=O) groups excluding carboxylic acids is 1. The summed E-state index contributed by atoms with van der Waals surface area (Å²) < 4.78 is 2.60. The van der Waals surface area contributed by atoms with E-state index in [9.17, 15) is 4.79 Å². The number of aryl methyl sites for hydroxylation is 1. The standard InChI is InChI=1S/C11H9BrN2O/c1-8-5-11(7-15)14(13-8)10-4-2-3-9(12)6-10/h2-7H,1H3. The van der Waals surface area contributed by atoms with Crippen molar-refractivity contribution in [1.82, 2.24) is 9.78 Å². The van der Waals surface area contributed by atoms with Crippen molar-refractivity contribution < 1.29 is 4.79 Å². The van der Waals surface area contributed by atoms with Gasteiger partial charge in [-0.3, -0.25) is 4.79 Å². The van der Waals surface area contributed by atoms with Gasteiger partial charge in [-0.05, 0) is 31.2 Å². The molecule has 0 atom stereocenters. The quantitative estimate of drug-likeness (QED) is 0.782. The van der Waals surface area contributed by atoms with Crippen LogP contribution >= 0.6 is 15.9 Å². The van der Waals surface area contributed by atoms with Crippen molar-refractivity contribution >= 4 is 22.2 Å². The second-order valence-electron chi connectivity index (χ2n) is 3.22. The molecule has 0 spiro atoms. The Morgan fingerprint density at radius 1 is 1.40 bits per heavy atom. The third kappa shape index (κ3) is 1.99. The van der Waals surface area contributed by atoms with Crippen LogP contribution in [0, 0.1) is 6.92 Å². The fourth-order valence-corrected chi connectivity index (χ4v) is 1.81. The van der Waals surface area contributed by atoms with Crippen LogP contribution in [0.3, 0.4) is 0 Å². The van der Waals surface area contributed by atoms with Crippen LogP contribution in [0.25, 0.3) is 5.69 Å². The van der Waals surface area contributed by atoms with Gasteiger partial charge >= 0.3 is 0 Å². The summed E-state index contributed by atoms with van der Waals surface area (Å²) in [5.41, 5.74) is 2.27. The minimum atomic E-state index is 0.561. The molecule has 2 aromatic rings. The lowest BCUT2D eigenvalue weighted by Crippen LogP contribution is -2.00. The average Bonchev–Trinajstić information content (AvgIpc) is 2.59. The van der Waals surface area contributed by atoms with E-state index in [1.165, 1.54) is 0 Å². The maximum Gasteiger partial charge on any atom is 0.168 e. The van der Waals surface area contributed by atoms with Crippen molar-refractivity contribution in [3.8, 4) is 5.69 Å². The maximum absolute atomic E-state index is 10.8. The van der Waals surface area contributed by atoms with Crippen LogP contribution in [-0.4, -0.2) is 16.1 Å². The molecule has 3 nitrogen and oxygen atoms in total. The van der Waals surface area contributed by atoms with Crippen LogP contribution in [0.15, 0.2) is 34.8 Å². The number of carbonyl (C=O) groups is 1. The Bertz CT molecular complexity index is 505. The summed E-state index contributed by atoms with van der Waals surface area (Å²) in [6.07, 6.45) is 0.806. The lowest BCUT2D eigenvalue weighted by Gasteiger charge is -2.03. The highest BCUT2D eigenvalue weighted by Crippen LogP contribution is 2.16. The molecule has 0 aliphatic carbocycles. The van der Waals surface area contributed by atoms with Gasteiger partial charge in [0.05, 0.1) is 11.4 Å². The fraction of sp³-hybridized carbons (Fsp3) is 0.0909. The molecule has 15 heavy (non-hydrogen) atoms. The van der Waals surface area contributed by atoms with Crippen molar-refractivity contribution in [2.45, 2.75) is 6.92 Å². The molecule has 2 rings (SSSR count). The Hall–Kier alpha value is -1.42. The van der Waals surface area contributed by atoms with Crippen molar-refractivity contribution in [2.24, 2.45) is 0 Å². The van der Waals surface area contributed by atoms with Gasteiger partial charge in [0.25, 0.3) is 0 Å². The highest BCUT2D eigenvalue weighted by molar-refractivity contribution is 9.10. The zero-order valence-electron chi connectivity index (χ0n) is 8.14. The largest absolute Gasteiger partial charge is 0.296 e. The van der Waals surface area contributed by atoms with Gasteiger partial charge in [-0.15, -0.1) is 0 Å². The van der Waals surface area contributed by atoms with E-state index in [0.29, 0.717) is 5.69 Å². The van der Waals surface area contributed by atoms with Gasteiger partial charge in [-0.1, -0.05) is 22.0 Å². The molecule has 4 heteroatoms. The van der Waals surface area contributed by atoms with E-state index in [1.807, 2.05) is 31.2 Å². The summed E-state index contributed by atoms with van der Waals surface area (Å²) >= 11 is 3.38. The van der Waals surface area contributed by atoms with Gasteiger partial charge in [0.2, 0.25) is 0 Å². The molecule has 0 saturated carbocycles.